The average molecular weight is 462 g/mol. The lowest BCUT2D eigenvalue weighted by Gasteiger charge is -2.36. The molecule has 8 heteroatoms. The Balaban J connectivity index is 1.76. The Morgan fingerprint density at radius 1 is 0.853 bits per heavy atom. The Morgan fingerprint density at radius 2 is 1.38 bits per heavy atom. The minimum Gasteiger partial charge on any atom is -0.468 e. The molecule has 172 valence electrons. The average Bonchev–Trinajstić information content (AvgIpc) is 3.34. The predicted molar refractivity (Wildman–Crippen MR) is 118 cm³/mol. The lowest BCUT2D eigenvalue weighted by Crippen LogP contribution is -2.52. The standard InChI is InChI=1S/C26H20F2N2O4/c1-34-25(33)22-20-21(24(32)30(23(20)31)19-5-3-2-4-6-19)26(29-22,15-7-11-17(27)12-8-15)16-9-13-18(28)14-10-16/h2-14,20-22,29H,1H3/t20-,21-,22-/m1/s1. The van der Waals surface area contributed by atoms with Crippen LogP contribution in [0.25, 0.3) is 0 Å². The van der Waals surface area contributed by atoms with Crippen LogP contribution in [0.4, 0.5) is 14.5 Å². The first-order chi connectivity index (χ1) is 16.4. The number of benzene rings is 3. The SMILES string of the molecule is COC(=O)[C@@H]1NC(c2ccc(F)cc2)(c2ccc(F)cc2)[C@H]2C(=O)N(c3ccccc3)C(=O)[C@@H]12. The fourth-order valence-electron chi connectivity index (χ4n) is 5.19. The van der Waals surface area contributed by atoms with Crippen LogP contribution in [0.15, 0.2) is 78.9 Å². The van der Waals surface area contributed by atoms with E-state index in [1.807, 2.05) is 0 Å². The number of carbonyl (C=O) groups is 3. The summed E-state index contributed by atoms with van der Waals surface area (Å²) in [7, 11) is 1.20. The number of amides is 2. The molecule has 0 unspecified atom stereocenters. The molecule has 2 aliphatic rings. The number of para-hydroxylation sites is 1. The molecule has 2 amide bonds. The van der Waals surface area contributed by atoms with E-state index >= 15 is 0 Å². The molecule has 5 rings (SSSR count). The number of fused-ring (bicyclic) bond motifs is 1. The zero-order valence-corrected chi connectivity index (χ0v) is 18.1. The number of nitrogens with one attached hydrogen (secondary N) is 1. The first kappa shape index (κ1) is 21.9. The van der Waals surface area contributed by atoms with Crippen molar-refractivity contribution >= 4 is 23.5 Å². The minimum absolute atomic E-state index is 0.377. The van der Waals surface area contributed by atoms with E-state index in [4.69, 9.17) is 4.74 Å². The number of rotatable bonds is 4. The molecule has 0 spiro atoms. The van der Waals surface area contributed by atoms with Crippen LogP contribution in [-0.4, -0.2) is 30.9 Å². The third kappa shape index (κ3) is 3.13. The van der Waals surface area contributed by atoms with Crippen molar-refractivity contribution in [2.75, 3.05) is 12.0 Å². The molecule has 3 aromatic carbocycles. The van der Waals surface area contributed by atoms with Gasteiger partial charge >= 0.3 is 5.97 Å². The number of hydrogen-bond donors (Lipinski definition) is 1. The summed E-state index contributed by atoms with van der Waals surface area (Å²) in [5.74, 6) is -4.91. The van der Waals surface area contributed by atoms with Crippen LogP contribution in [0.1, 0.15) is 11.1 Å². The summed E-state index contributed by atoms with van der Waals surface area (Å²) in [6.45, 7) is 0. The number of carbonyl (C=O) groups excluding carboxylic acids is 3. The van der Waals surface area contributed by atoms with Gasteiger partial charge in [-0.05, 0) is 47.5 Å². The van der Waals surface area contributed by atoms with E-state index in [1.165, 1.54) is 55.6 Å². The maximum atomic E-state index is 13.9. The smallest absolute Gasteiger partial charge is 0.323 e. The highest BCUT2D eigenvalue weighted by Gasteiger charge is 2.68. The quantitative estimate of drug-likeness (QED) is 0.476. The number of hydrogen-bond acceptors (Lipinski definition) is 5. The molecule has 1 N–H and O–H groups in total. The van der Waals surface area contributed by atoms with Gasteiger partial charge in [0.05, 0.1) is 30.2 Å². The van der Waals surface area contributed by atoms with Crippen molar-refractivity contribution in [1.29, 1.82) is 0 Å². The molecule has 3 atom stereocenters. The highest BCUT2D eigenvalue weighted by molar-refractivity contribution is 6.24. The summed E-state index contributed by atoms with van der Waals surface area (Å²) in [6.07, 6.45) is 0. The van der Waals surface area contributed by atoms with Crippen molar-refractivity contribution in [2.24, 2.45) is 11.8 Å². The van der Waals surface area contributed by atoms with Crippen molar-refractivity contribution in [3.05, 3.63) is 102 Å². The molecule has 0 bridgehead atoms. The molecule has 0 saturated carbocycles. The lowest BCUT2D eigenvalue weighted by molar-refractivity contribution is -0.145. The number of halogens is 2. The Morgan fingerprint density at radius 3 is 1.88 bits per heavy atom. The summed E-state index contributed by atoms with van der Waals surface area (Å²) in [5.41, 5.74) is -0.125. The molecule has 0 radical (unpaired) electrons. The third-order valence-corrected chi connectivity index (χ3v) is 6.63. The van der Waals surface area contributed by atoms with Gasteiger partial charge in [0, 0.05) is 0 Å². The molecule has 2 aliphatic heterocycles. The van der Waals surface area contributed by atoms with Gasteiger partial charge in [-0.15, -0.1) is 0 Å². The number of methoxy groups -OCH3 is 1. The van der Waals surface area contributed by atoms with Gasteiger partial charge < -0.3 is 4.74 Å². The van der Waals surface area contributed by atoms with Gasteiger partial charge in [0.25, 0.3) is 0 Å². The van der Waals surface area contributed by atoms with Crippen molar-refractivity contribution in [1.82, 2.24) is 5.32 Å². The zero-order chi connectivity index (χ0) is 24.0. The van der Waals surface area contributed by atoms with Crippen LogP contribution in [0.5, 0.6) is 0 Å². The third-order valence-electron chi connectivity index (χ3n) is 6.63. The second-order valence-corrected chi connectivity index (χ2v) is 8.32. The molecular weight excluding hydrogens is 442 g/mol. The molecule has 3 aromatic rings. The van der Waals surface area contributed by atoms with Gasteiger partial charge in [0.2, 0.25) is 11.8 Å². The van der Waals surface area contributed by atoms with Gasteiger partial charge in [-0.3, -0.25) is 19.7 Å². The number of esters is 1. The zero-order valence-electron chi connectivity index (χ0n) is 18.1. The van der Waals surface area contributed by atoms with Crippen molar-refractivity contribution in [3.63, 3.8) is 0 Å². The predicted octanol–water partition coefficient (Wildman–Crippen LogP) is 3.16. The van der Waals surface area contributed by atoms with Crippen LogP contribution in [-0.2, 0) is 24.7 Å². The molecule has 34 heavy (non-hydrogen) atoms. The monoisotopic (exact) mass is 462 g/mol. The normalized spacial score (nSPS) is 23.1. The molecule has 2 saturated heterocycles. The van der Waals surface area contributed by atoms with Crippen LogP contribution >= 0.6 is 0 Å². The maximum absolute atomic E-state index is 13.9. The second kappa shape index (κ2) is 8.14. The number of nitrogens with zero attached hydrogens (tertiary/aromatic N) is 1. The highest BCUT2D eigenvalue weighted by atomic mass is 19.1. The molecule has 2 fully saturated rings. The number of imide groups is 1. The minimum atomic E-state index is -1.42. The molecule has 0 aromatic heterocycles. The maximum Gasteiger partial charge on any atom is 0.323 e. The van der Waals surface area contributed by atoms with E-state index in [1.54, 1.807) is 30.3 Å². The van der Waals surface area contributed by atoms with Gasteiger partial charge in [-0.25, -0.2) is 13.7 Å². The van der Waals surface area contributed by atoms with Crippen LogP contribution in [0.3, 0.4) is 0 Å². The highest BCUT2D eigenvalue weighted by Crippen LogP contribution is 2.52. The summed E-state index contributed by atoms with van der Waals surface area (Å²) in [4.78, 5) is 41.4. The summed E-state index contributed by atoms with van der Waals surface area (Å²) >= 11 is 0. The Bertz CT molecular complexity index is 1220. The first-order valence-electron chi connectivity index (χ1n) is 10.7. The van der Waals surface area contributed by atoms with Crippen molar-refractivity contribution in [2.45, 2.75) is 11.6 Å². The number of ether oxygens (including phenoxy) is 1. The summed E-state index contributed by atoms with van der Waals surface area (Å²) in [5, 5.41) is 3.17. The topological polar surface area (TPSA) is 75.7 Å². The number of anilines is 1. The van der Waals surface area contributed by atoms with E-state index in [2.05, 4.69) is 5.32 Å². The van der Waals surface area contributed by atoms with Gasteiger partial charge in [-0.1, -0.05) is 42.5 Å². The van der Waals surface area contributed by atoms with Gasteiger partial charge in [0.15, 0.2) is 0 Å². The fraction of sp³-hybridized carbons (Fsp3) is 0.192. The van der Waals surface area contributed by atoms with Crippen LogP contribution in [0.2, 0.25) is 0 Å². The Hall–Kier alpha value is -3.91. The van der Waals surface area contributed by atoms with Crippen LogP contribution in [0, 0.1) is 23.5 Å². The largest absolute Gasteiger partial charge is 0.468 e. The first-order valence-corrected chi connectivity index (χ1v) is 10.7. The van der Waals surface area contributed by atoms with E-state index in [0.717, 1.165) is 4.90 Å². The molecule has 6 nitrogen and oxygen atoms in total. The molecular formula is C26H20F2N2O4. The second-order valence-electron chi connectivity index (χ2n) is 8.32. The van der Waals surface area contributed by atoms with E-state index < -0.39 is 52.8 Å². The lowest BCUT2D eigenvalue weighted by atomic mass is 9.71. The van der Waals surface area contributed by atoms with E-state index in [9.17, 15) is 23.2 Å². The van der Waals surface area contributed by atoms with Gasteiger partial charge in [0.1, 0.15) is 17.7 Å². The van der Waals surface area contributed by atoms with Crippen molar-refractivity contribution < 1.29 is 27.9 Å². The van der Waals surface area contributed by atoms with Crippen LogP contribution < -0.4 is 10.2 Å². The van der Waals surface area contributed by atoms with Gasteiger partial charge in [-0.2, -0.15) is 0 Å². The molecule has 0 aliphatic carbocycles. The fourth-order valence-corrected chi connectivity index (χ4v) is 5.19. The summed E-state index contributed by atoms with van der Waals surface area (Å²) in [6, 6.07) is 18.2. The molecule has 2 heterocycles. The van der Waals surface area contributed by atoms with E-state index in [0.29, 0.717) is 16.8 Å². The Kier molecular flexibility index (Phi) is 5.25. The van der Waals surface area contributed by atoms with E-state index in [-0.39, 0.29) is 0 Å². The Labute approximate surface area is 194 Å². The summed E-state index contributed by atoms with van der Waals surface area (Å²) < 4.78 is 32.6. The van der Waals surface area contributed by atoms with Crippen molar-refractivity contribution in [3.8, 4) is 0 Å².